The van der Waals surface area contributed by atoms with Crippen LogP contribution in [0.4, 0.5) is 5.69 Å². The van der Waals surface area contributed by atoms with E-state index in [0.29, 0.717) is 16.8 Å². The molecule has 0 radical (unpaired) electrons. The Balaban J connectivity index is 1.81. The van der Waals surface area contributed by atoms with Crippen molar-refractivity contribution in [1.29, 1.82) is 0 Å². The second kappa shape index (κ2) is 10.1. The van der Waals surface area contributed by atoms with Crippen molar-refractivity contribution in [3.8, 4) is 0 Å². The van der Waals surface area contributed by atoms with E-state index in [2.05, 4.69) is 10.5 Å². The molecule has 3 aromatic rings. The van der Waals surface area contributed by atoms with E-state index in [-0.39, 0.29) is 10.5 Å². The SMILES string of the molecule is Cc1ccc(S(=O)(=O)N(CC(=O)N/N=C/c2ccc(C(=O)O)cc2)c2ccccc2C)cc1. The summed E-state index contributed by atoms with van der Waals surface area (Å²) in [5.74, 6) is -1.68. The molecule has 0 aromatic heterocycles. The number of hydrogen-bond acceptors (Lipinski definition) is 5. The van der Waals surface area contributed by atoms with Gasteiger partial charge in [-0.25, -0.2) is 18.6 Å². The highest BCUT2D eigenvalue weighted by Gasteiger charge is 2.28. The summed E-state index contributed by atoms with van der Waals surface area (Å²) in [4.78, 5) is 23.6. The summed E-state index contributed by atoms with van der Waals surface area (Å²) >= 11 is 0. The molecule has 9 heteroatoms. The molecule has 2 N–H and O–H groups in total. The third-order valence-electron chi connectivity index (χ3n) is 4.84. The Bertz CT molecular complexity index is 1280. The van der Waals surface area contributed by atoms with Crippen molar-refractivity contribution in [2.45, 2.75) is 18.7 Å². The largest absolute Gasteiger partial charge is 0.478 e. The van der Waals surface area contributed by atoms with E-state index in [9.17, 15) is 18.0 Å². The summed E-state index contributed by atoms with van der Waals surface area (Å²) in [5, 5.41) is 12.8. The zero-order chi connectivity index (χ0) is 24.0. The van der Waals surface area contributed by atoms with Gasteiger partial charge in [-0.1, -0.05) is 48.0 Å². The molecule has 3 aromatic carbocycles. The fraction of sp³-hybridized carbons (Fsp3) is 0.125. The first-order valence-corrected chi connectivity index (χ1v) is 11.4. The van der Waals surface area contributed by atoms with Crippen LogP contribution in [0.1, 0.15) is 27.0 Å². The molecule has 0 aliphatic rings. The van der Waals surface area contributed by atoms with Gasteiger partial charge in [0.25, 0.3) is 15.9 Å². The number of nitrogens with zero attached hydrogens (tertiary/aromatic N) is 2. The van der Waals surface area contributed by atoms with E-state index in [0.717, 1.165) is 9.87 Å². The molecule has 0 saturated carbocycles. The molecule has 0 unspecified atom stereocenters. The molecule has 8 nitrogen and oxygen atoms in total. The molecular formula is C24H23N3O5S. The van der Waals surface area contributed by atoms with Gasteiger partial charge >= 0.3 is 5.97 Å². The molecule has 0 saturated heterocycles. The predicted octanol–water partition coefficient (Wildman–Crippen LogP) is 3.35. The minimum Gasteiger partial charge on any atom is -0.478 e. The predicted molar refractivity (Wildman–Crippen MR) is 126 cm³/mol. The van der Waals surface area contributed by atoms with E-state index in [1.807, 2.05) is 6.92 Å². The monoisotopic (exact) mass is 465 g/mol. The maximum atomic E-state index is 13.4. The summed E-state index contributed by atoms with van der Waals surface area (Å²) in [6.45, 7) is 3.15. The first-order chi connectivity index (χ1) is 15.7. The summed E-state index contributed by atoms with van der Waals surface area (Å²) in [6.07, 6.45) is 1.34. The molecule has 0 atom stereocenters. The molecule has 0 heterocycles. The fourth-order valence-corrected chi connectivity index (χ4v) is 4.52. The fourth-order valence-electron chi connectivity index (χ4n) is 3.04. The average Bonchev–Trinajstić information content (AvgIpc) is 2.78. The van der Waals surface area contributed by atoms with Crippen molar-refractivity contribution in [2.75, 3.05) is 10.8 Å². The van der Waals surface area contributed by atoms with Gasteiger partial charge in [-0.15, -0.1) is 0 Å². The highest BCUT2D eigenvalue weighted by atomic mass is 32.2. The Morgan fingerprint density at radius 1 is 0.970 bits per heavy atom. The van der Waals surface area contributed by atoms with Crippen LogP contribution in [-0.2, 0) is 14.8 Å². The van der Waals surface area contributed by atoms with Crippen LogP contribution in [0.25, 0.3) is 0 Å². The number of rotatable bonds is 8. The van der Waals surface area contributed by atoms with Gasteiger partial charge in [-0.2, -0.15) is 5.10 Å². The van der Waals surface area contributed by atoms with Crippen LogP contribution in [0.15, 0.2) is 82.8 Å². The van der Waals surface area contributed by atoms with Gasteiger partial charge in [0.2, 0.25) is 0 Å². The van der Waals surface area contributed by atoms with E-state index in [1.165, 1.54) is 30.5 Å². The van der Waals surface area contributed by atoms with Crippen LogP contribution in [0.2, 0.25) is 0 Å². The van der Waals surface area contributed by atoms with Crippen LogP contribution in [0.5, 0.6) is 0 Å². The Hall–Kier alpha value is -3.98. The number of hydrazone groups is 1. The third-order valence-corrected chi connectivity index (χ3v) is 6.61. The third kappa shape index (κ3) is 5.83. The van der Waals surface area contributed by atoms with Crippen LogP contribution < -0.4 is 9.73 Å². The van der Waals surface area contributed by atoms with Crippen molar-refractivity contribution >= 4 is 33.8 Å². The number of aryl methyl sites for hydroxylation is 2. The number of carbonyl (C=O) groups is 2. The second-order valence-corrected chi connectivity index (χ2v) is 9.19. The number of para-hydroxylation sites is 1. The number of benzene rings is 3. The molecule has 0 aliphatic carbocycles. The maximum absolute atomic E-state index is 13.4. The van der Waals surface area contributed by atoms with Gasteiger partial charge in [0.05, 0.1) is 22.4 Å². The minimum atomic E-state index is -4.01. The molecule has 170 valence electrons. The summed E-state index contributed by atoms with van der Waals surface area (Å²) in [5.41, 5.74) is 5.04. The molecule has 33 heavy (non-hydrogen) atoms. The number of carboxylic acid groups (broad SMARTS) is 1. The number of nitrogens with one attached hydrogen (secondary N) is 1. The highest BCUT2D eigenvalue weighted by Crippen LogP contribution is 2.26. The van der Waals surface area contributed by atoms with Crippen LogP contribution in [0.3, 0.4) is 0 Å². The summed E-state index contributed by atoms with van der Waals surface area (Å²) in [7, 11) is -4.01. The highest BCUT2D eigenvalue weighted by molar-refractivity contribution is 7.92. The van der Waals surface area contributed by atoms with Crippen molar-refractivity contribution in [3.63, 3.8) is 0 Å². The number of amides is 1. The number of sulfonamides is 1. The number of carbonyl (C=O) groups excluding carboxylic acids is 1. The molecular weight excluding hydrogens is 442 g/mol. The van der Waals surface area contributed by atoms with Crippen LogP contribution in [0, 0.1) is 13.8 Å². The van der Waals surface area contributed by atoms with Gasteiger partial charge in [-0.3, -0.25) is 9.10 Å². The van der Waals surface area contributed by atoms with Gasteiger partial charge in [0.1, 0.15) is 6.54 Å². The molecule has 3 rings (SSSR count). The van der Waals surface area contributed by atoms with E-state index in [4.69, 9.17) is 5.11 Å². The lowest BCUT2D eigenvalue weighted by atomic mass is 10.1. The average molecular weight is 466 g/mol. The molecule has 0 spiro atoms. The lowest BCUT2D eigenvalue weighted by Crippen LogP contribution is -2.40. The first-order valence-electron chi connectivity index (χ1n) is 9.99. The summed E-state index contributed by atoms with van der Waals surface area (Å²) in [6, 6.07) is 19.2. The van der Waals surface area contributed by atoms with Gasteiger partial charge < -0.3 is 5.11 Å². The van der Waals surface area contributed by atoms with E-state index < -0.39 is 28.4 Å². The number of aromatic carboxylic acids is 1. The number of carboxylic acids is 1. The lowest BCUT2D eigenvalue weighted by molar-refractivity contribution is -0.119. The zero-order valence-corrected chi connectivity index (χ0v) is 18.9. The van der Waals surface area contributed by atoms with Crippen LogP contribution in [-0.4, -0.2) is 38.2 Å². The normalized spacial score (nSPS) is 11.3. The van der Waals surface area contributed by atoms with Crippen molar-refractivity contribution < 1.29 is 23.1 Å². The number of anilines is 1. The smallest absolute Gasteiger partial charge is 0.335 e. The first kappa shape index (κ1) is 23.7. The Labute approximate surface area is 192 Å². The van der Waals surface area contributed by atoms with E-state index >= 15 is 0 Å². The maximum Gasteiger partial charge on any atom is 0.335 e. The number of hydrogen-bond donors (Lipinski definition) is 2. The van der Waals surface area contributed by atoms with Crippen molar-refractivity contribution in [3.05, 3.63) is 95.1 Å². The second-order valence-electron chi connectivity index (χ2n) is 7.33. The standard InChI is InChI=1S/C24H23N3O5S/c1-17-7-13-21(14-8-17)33(31,32)27(22-6-4-3-5-18(22)2)16-23(28)26-25-15-19-9-11-20(12-10-19)24(29)30/h3-15H,16H2,1-2H3,(H,26,28)(H,29,30)/b25-15+. The Morgan fingerprint density at radius 3 is 2.21 bits per heavy atom. The Kier molecular flexibility index (Phi) is 7.24. The van der Waals surface area contributed by atoms with Gasteiger partial charge in [0, 0.05) is 0 Å². The quantitative estimate of drug-likeness (QED) is 0.391. The summed E-state index contributed by atoms with van der Waals surface area (Å²) < 4.78 is 27.8. The molecule has 1 amide bonds. The van der Waals surface area contributed by atoms with Gasteiger partial charge in [-0.05, 0) is 55.3 Å². The molecule has 0 fully saturated rings. The molecule has 0 aliphatic heterocycles. The van der Waals surface area contributed by atoms with E-state index in [1.54, 1.807) is 55.5 Å². The van der Waals surface area contributed by atoms with Crippen molar-refractivity contribution in [1.82, 2.24) is 5.43 Å². The minimum absolute atomic E-state index is 0.0752. The lowest BCUT2D eigenvalue weighted by Gasteiger charge is -2.25. The zero-order valence-electron chi connectivity index (χ0n) is 18.1. The Morgan fingerprint density at radius 2 is 1.61 bits per heavy atom. The van der Waals surface area contributed by atoms with Crippen LogP contribution >= 0.6 is 0 Å². The van der Waals surface area contributed by atoms with Crippen molar-refractivity contribution in [2.24, 2.45) is 5.10 Å². The molecule has 0 bridgehead atoms. The topological polar surface area (TPSA) is 116 Å². The van der Waals surface area contributed by atoms with Gasteiger partial charge in [0.15, 0.2) is 0 Å².